The van der Waals surface area contributed by atoms with Gasteiger partial charge in [-0.05, 0) is 86.0 Å². The van der Waals surface area contributed by atoms with Crippen LogP contribution < -0.4 is 4.74 Å². The summed E-state index contributed by atoms with van der Waals surface area (Å²) < 4.78 is 53.8. The van der Waals surface area contributed by atoms with Gasteiger partial charge in [0.25, 0.3) is 0 Å². The van der Waals surface area contributed by atoms with Crippen LogP contribution in [-0.2, 0) is 0 Å². The third-order valence-electron chi connectivity index (χ3n) is 7.88. The van der Waals surface area contributed by atoms with E-state index >= 15 is 0 Å². The molecular weight excluding hydrogens is 442 g/mol. The molecule has 0 N–H and O–H groups in total. The highest BCUT2D eigenvalue weighted by Crippen LogP contribution is 2.39. The van der Waals surface area contributed by atoms with Gasteiger partial charge in [0.15, 0.2) is 5.83 Å². The Bertz CT molecular complexity index is 795. The van der Waals surface area contributed by atoms with E-state index < -0.39 is 12.2 Å². The molecule has 3 rings (SSSR count). The molecule has 2 saturated carbocycles. The molecule has 188 valence electrons. The molecule has 0 bridgehead atoms. The van der Waals surface area contributed by atoms with E-state index in [1.807, 2.05) is 0 Å². The van der Waals surface area contributed by atoms with E-state index in [1.165, 1.54) is 88.5 Å². The maximum atomic E-state index is 12.9. The van der Waals surface area contributed by atoms with E-state index in [0.29, 0.717) is 18.3 Å². The summed E-state index contributed by atoms with van der Waals surface area (Å²) in [5.41, 5.74) is 1.12. The molecule has 2 aliphatic carbocycles. The second-order valence-electron chi connectivity index (χ2n) is 10.2. The van der Waals surface area contributed by atoms with E-state index in [-0.39, 0.29) is 5.75 Å². The molecule has 1 aromatic carbocycles. The molecule has 0 heterocycles. The maximum absolute atomic E-state index is 12.9. The zero-order valence-electron chi connectivity index (χ0n) is 20.0. The van der Waals surface area contributed by atoms with Crippen LogP contribution in [0.15, 0.2) is 36.2 Å². The zero-order valence-corrected chi connectivity index (χ0v) is 20.0. The second kappa shape index (κ2) is 13.2. The second-order valence-corrected chi connectivity index (χ2v) is 10.2. The quantitative estimate of drug-likeness (QED) is 0.190. The van der Waals surface area contributed by atoms with Gasteiger partial charge in [-0.25, -0.2) is 0 Å². The van der Waals surface area contributed by atoms with Gasteiger partial charge >= 0.3 is 6.36 Å². The number of hydrogen-bond acceptors (Lipinski definition) is 2. The fourth-order valence-corrected chi connectivity index (χ4v) is 5.89. The molecule has 0 aromatic heterocycles. The van der Waals surface area contributed by atoms with Gasteiger partial charge in [-0.1, -0.05) is 63.5 Å². The number of allylic oxidation sites excluding steroid dienone is 2. The third kappa shape index (κ3) is 9.31. The molecule has 2 fully saturated rings. The van der Waals surface area contributed by atoms with E-state index in [9.17, 15) is 17.6 Å². The van der Waals surface area contributed by atoms with Crippen molar-refractivity contribution in [1.82, 2.24) is 0 Å². The molecule has 0 unspecified atom stereocenters. The Labute approximate surface area is 201 Å². The molecule has 6 heteroatoms. The van der Waals surface area contributed by atoms with Crippen LogP contribution in [0.25, 0.3) is 0 Å². The molecule has 2 nitrogen and oxygen atoms in total. The van der Waals surface area contributed by atoms with Gasteiger partial charge < -0.3 is 4.74 Å². The molecule has 2 aliphatic rings. The highest BCUT2D eigenvalue weighted by molar-refractivity contribution is 5.29. The lowest BCUT2D eigenvalue weighted by Gasteiger charge is -2.30. The normalized spacial score (nSPS) is 26.1. The number of ether oxygens (including phenoxy) is 1. The van der Waals surface area contributed by atoms with Gasteiger partial charge in [0.2, 0.25) is 0 Å². The van der Waals surface area contributed by atoms with Crippen molar-refractivity contribution in [2.45, 2.75) is 102 Å². The first-order valence-corrected chi connectivity index (χ1v) is 12.9. The zero-order chi connectivity index (χ0) is 24.4. The van der Waals surface area contributed by atoms with E-state index in [1.54, 1.807) is 12.1 Å². The van der Waals surface area contributed by atoms with Crippen LogP contribution in [0, 0.1) is 29.1 Å². The van der Waals surface area contributed by atoms with Gasteiger partial charge in [0.05, 0.1) is 0 Å². The van der Waals surface area contributed by atoms with Crippen molar-refractivity contribution in [3.8, 4) is 11.8 Å². The first kappa shape index (κ1) is 26.6. The average Bonchev–Trinajstić information content (AvgIpc) is 2.82. The molecule has 34 heavy (non-hydrogen) atoms. The summed E-state index contributed by atoms with van der Waals surface area (Å²) in [5.74, 6) is 1.93. The van der Waals surface area contributed by atoms with E-state index in [4.69, 9.17) is 5.26 Å². The minimum atomic E-state index is -4.64. The molecule has 0 saturated heterocycles. The number of hydrogen-bond donors (Lipinski definition) is 0. The van der Waals surface area contributed by atoms with Crippen molar-refractivity contribution >= 4 is 0 Å². The lowest BCUT2D eigenvalue weighted by molar-refractivity contribution is -0.274. The number of alkyl halides is 3. The van der Waals surface area contributed by atoms with Crippen LogP contribution in [0.3, 0.4) is 0 Å². The number of nitrogens with zero attached hydrogens (tertiary/aromatic N) is 1. The molecule has 0 aliphatic heterocycles. The molecular formula is C28H37F4NO. The Hall–Kier alpha value is -2.03. The summed E-state index contributed by atoms with van der Waals surface area (Å²) in [7, 11) is 0. The Morgan fingerprint density at radius 1 is 0.853 bits per heavy atom. The maximum Gasteiger partial charge on any atom is 0.573 e. The van der Waals surface area contributed by atoms with Crippen LogP contribution in [0.1, 0.15) is 101 Å². The Morgan fingerprint density at radius 2 is 1.35 bits per heavy atom. The minimum absolute atomic E-state index is 0.151. The fraction of sp³-hybridized carbons (Fsp3) is 0.679. The SMILES string of the molecule is N#C/C(F)=C/CCC1CCC(CCCCC2CCC(c3ccc(OC(F)(F)F)cc3)CC2)CC1. The smallest absolute Gasteiger partial charge is 0.406 e. The first-order valence-electron chi connectivity index (χ1n) is 12.9. The van der Waals surface area contributed by atoms with Gasteiger partial charge in [0.1, 0.15) is 11.8 Å². The summed E-state index contributed by atoms with van der Waals surface area (Å²) in [5, 5.41) is 8.46. The van der Waals surface area contributed by atoms with Crippen molar-refractivity contribution in [2.24, 2.45) is 17.8 Å². The largest absolute Gasteiger partial charge is 0.573 e. The molecule has 0 radical (unpaired) electrons. The van der Waals surface area contributed by atoms with Crippen LogP contribution in [0.5, 0.6) is 5.75 Å². The fourth-order valence-electron chi connectivity index (χ4n) is 5.89. The lowest BCUT2D eigenvalue weighted by Crippen LogP contribution is -2.17. The summed E-state index contributed by atoms with van der Waals surface area (Å²) >= 11 is 0. The van der Waals surface area contributed by atoms with E-state index in [2.05, 4.69) is 4.74 Å². The topological polar surface area (TPSA) is 33.0 Å². The summed E-state index contributed by atoms with van der Waals surface area (Å²) in [4.78, 5) is 0. The Kier molecular flexibility index (Phi) is 10.3. The summed E-state index contributed by atoms with van der Waals surface area (Å²) in [6.07, 6.45) is 13.3. The molecule has 0 spiro atoms. The van der Waals surface area contributed by atoms with Crippen LogP contribution >= 0.6 is 0 Å². The Balaban J connectivity index is 1.25. The van der Waals surface area contributed by atoms with Crippen molar-refractivity contribution < 1.29 is 22.3 Å². The highest BCUT2D eigenvalue weighted by Gasteiger charge is 2.31. The number of rotatable bonds is 10. The van der Waals surface area contributed by atoms with Crippen molar-refractivity contribution in [2.75, 3.05) is 0 Å². The van der Waals surface area contributed by atoms with E-state index in [0.717, 1.165) is 36.7 Å². The molecule has 1 aromatic rings. The number of nitriles is 1. The average molecular weight is 480 g/mol. The summed E-state index contributed by atoms with van der Waals surface area (Å²) in [6, 6.07) is 7.95. The standard InChI is InChI=1S/C28H37F4NO/c29-26(20-33)7-3-6-23-10-8-21(9-11-23)4-1-2-5-22-12-14-24(15-13-22)25-16-18-27(19-17-25)34-28(30,31)32/h7,16-19,21-24H,1-6,8-15H2/b26-7-. The van der Waals surface area contributed by atoms with Crippen molar-refractivity contribution in [3.05, 3.63) is 41.7 Å². The number of unbranched alkanes of at least 4 members (excludes halogenated alkanes) is 1. The molecule has 0 amide bonds. The van der Waals surface area contributed by atoms with Gasteiger partial charge in [-0.15, -0.1) is 13.2 Å². The summed E-state index contributed by atoms with van der Waals surface area (Å²) in [6.45, 7) is 0. The van der Waals surface area contributed by atoms with Crippen LogP contribution in [0.4, 0.5) is 17.6 Å². The van der Waals surface area contributed by atoms with Gasteiger partial charge in [-0.3, -0.25) is 0 Å². The highest BCUT2D eigenvalue weighted by atomic mass is 19.4. The van der Waals surface area contributed by atoms with Crippen LogP contribution in [-0.4, -0.2) is 6.36 Å². The van der Waals surface area contributed by atoms with Gasteiger partial charge in [0, 0.05) is 0 Å². The first-order chi connectivity index (χ1) is 16.3. The number of halogens is 4. The minimum Gasteiger partial charge on any atom is -0.406 e. The predicted molar refractivity (Wildman–Crippen MR) is 126 cm³/mol. The Morgan fingerprint density at radius 3 is 1.85 bits per heavy atom. The number of benzene rings is 1. The van der Waals surface area contributed by atoms with Crippen LogP contribution in [0.2, 0.25) is 0 Å². The third-order valence-corrected chi connectivity index (χ3v) is 7.88. The van der Waals surface area contributed by atoms with Crippen molar-refractivity contribution in [1.29, 1.82) is 5.26 Å². The van der Waals surface area contributed by atoms with Gasteiger partial charge in [-0.2, -0.15) is 9.65 Å². The lowest BCUT2D eigenvalue weighted by atomic mass is 9.76. The van der Waals surface area contributed by atoms with Crippen molar-refractivity contribution in [3.63, 3.8) is 0 Å². The molecule has 0 atom stereocenters. The predicted octanol–water partition coefficient (Wildman–Crippen LogP) is 9.38. The monoisotopic (exact) mass is 479 g/mol.